The van der Waals surface area contributed by atoms with Crippen molar-refractivity contribution in [3.05, 3.63) is 65.7 Å². The minimum Gasteiger partial charge on any atom is -0.367 e. The highest BCUT2D eigenvalue weighted by atomic mass is 15.1. The molecular weight excluding hydrogens is 220 g/mol. The van der Waals surface area contributed by atoms with Gasteiger partial charge in [0.1, 0.15) is 0 Å². The Balaban J connectivity index is 2.21. The Labute approximate surface area is 109 Å². The molecule has 0 aliphatic heterocycles. The quantitative estimate of drug-likeness (QED) is 0.869. The third-order valence-corrected chi connectivity index (χ3v) is 3.20. The van der Waals surface area contributed by atoms with Crippen LogP contribution in [0.3, 0.4) is 0 Å². The van der Waals surface area contributed by atoms with Crippen LogP contribution in [0.15, 0.2) is 54.6 Å². The van der Waals surface area contributed by atoms with Crippen LogP contribution >= 0.6 is 0 Å². The molecule has 18 heavy (non-hydrogen) atoms. The minimum absolute atomic E-state index is 0.600. The third kappa shape index (κ3) is 2.90. The molecule has 0 saturated heterocycles. The molecule has 0 heterocycles. The van der Waals surface area contributed by atoms with E-state index in [0.29, 0.717) is 6.54 Å². The summed E-state index contributed by atoms with van der Waals surface area (Å²) in [5.41, 5.74) is 9.58. The number of hydrogen-bond acceptors (Lipinski definition) is 2. The predicted molar refractivity (Wildman–Crippen MR) is 77.5 cm³/mol. The maximum Gasteiger partial charge on any atom is 0.0432 e. The molecule has 0 atom stereocenters. The Kier molecular flexibility index (Phi) is 4.37. The molecule has 0 fully saturated rings. The van der Waals surface area contributed by atoms with Gasteiger partial charge in [0.25, 0.3) is 0 Å². The molecule has 0 aliphatic carbocycles. The van der Waals surface area contributed by atoms with Gasteiger partial charge in [0.2, 0.25) is 0 Å². The number of nitrogens with two attached hydrogens (primary N) is 1. The average Bonchev–Trinajstić information content (AvgIpc) is 2.46. The summed E-state index contributed by atoms with van der Waals surface area (Å²) < 4.78 is 0. The molecule has 2 rings (SSSR count). The summed E-state index contributed by atoms with van der Waals surface area (Å²) in [6, 6.07) is 18.9. The lowest BCUT2D eigenvalue weighted by molar-refractivity contribution is 0.819. The predicted octanol–water partition coefficient (Wildman–Crippen LogP) is 3.17. The van der Waals surface area contributed by atoms with E-state index in [1.165, 1.54) is 16.8 Å². The SMILES string of the molecule is CCN(Cc1ccccc1CN)c1ccccc1. The van der Waals surface area contributed by atoms with Crippen LogP contribution in [-0.4, -0.2) is 6.54 Å². The lowest BCUT2D eigenvalue weighted by atomic mass is 10.1. The molecular formula is C16H20N2. The fraction of sp³-hybridized carbons (Fsp3) is 0.250. The molecule has 94 valence electrons. The highest BCUT2D eigenvalue weighted by molar-refractivity contribution is 5.47. The van der Waals surface area contributed by atoms with Crippen molar-refractivity contribution in [2.45, 2.75) is 20.0 Å². The Morgan fingerprint density at radius 3 is 2.11 bits per heavy atom. The van der Waals surface area contributed by atoms with Gasteiger partial charge in [-0.15, -0.1) is 0 Å². The van der Waals surface area contributed by atoms with Crippen LogP contribution in [0.5, 0.6) is 0 Å². The third-order valence-electron chi connectivity index (χ3n) is 3.20. The summed E-state index contributed by atoms with van der Waals surface area (Å²) in [5.74, 6) is 0. The summed E-state index contributed by atoms with van der Waals surface area (Å²) in [5, 5.41) is 0. The number of benzene rings is 2. The van der Waals surface area contributed by atoms with Crippen LogP contribution in [0.1, 0.15) is 18.1 Å². The highest BCUT2D eigenvalue weighted by Crippen LogP contribution is 2.18. The van der Waals surface area contributed by atoms with Crippen LogP contribution in [0.25, 0.3) is 0 Å². The lowest BCUT2D eigenvalue weighted by Crippen LogP contribution is -2.23. The summed E-state index contributed by atoms with van der Waals surface area (Å²) >= 11 is 0. The van der Waals surface area contributed by atoms with Gasteiger partial charge in [-0.3, -0.25) is 0 Å². The molecule has 0 saturated carbocycles. The molecule has 2 aromatic rings. The zero-order chi connectivity index (χ0) is 12.8. The van der Waals surface area contributed by atoms with E-state index in [2.05, 4.69) is 54.3 Å². The fourth-order valence-electron chi connectivity index (χ4n) is 2.14. The van der Waals surface area contributed by atoms with Gasteiger partial charge in [-0.2, -0.15) is 0 Å². The first-order chi connectivity index (χ1) is 8.85. The van der Waals surface area contributed by atoms with Crippen molar-refractivity contribution in [3.8, 4) is 0 Å². The summed E-state index contributed by atoms with van der Waals surface area (Å²) in [7, 11) is 0. The molecule has 2 nitrogen and oxygen atoms in total. The number of hydrogen-bond donors (Lipinski definition) is 1. The van der Waals surface area contributed by atoms with E-state index < -0.39 is 0 Å². The van der Waals surface area contributed by atoms with Gasteiger partial charge in [-0.25, -0.2) is 0 Å². The van der Waals surface area contributed by atoms with Crippen molar-refractivity contribution in [1.82, 2.24) is 0 Å². The average molecular weight is 240 g/mol. The van der Waals surface area contributed by atoms with Crippen molar-refractivity contribution >= 4 is 5.69 Å². The van der Waals surface area contributed by atoms with Gasteiger partial charge < -0.3 is 10.6 Å². The standard InChI is InChI=1S/C16H20N2/c1-2-18(16-10-4-3-5-11-16)13-15-9-7-6-8-14(15)12-17/h3-11H,2,12-13,17H2,1H3. The molecule has 2 aromatic carbocycles. The number of nitrogens with zero attached hydrogens (tertiary/aromatic N) is 1. The van der Waals surface area contributed by atoms with E-state index in [-0.39, 0.29) is 0 Å². The van der Waals surface area contributed by atoms with E-state index in [4.69, 9.17) is 5.73 Å². The van der Waals surface area contributed by atoms with Gasteiger partial charge in [0, 0.05) is 25.3 Å². The van der Waals surface area contributed by atoms with Crippen LogP contribution in [0, 0.1) is 0 Å². The molecule has 0 bridgehead atoms. The molecule has 0 aliphatic rings. The number of rotatable bonds is 5. The lowest BCUT2D eigenvalue weighted by Gasteiger charge is -2.24. The van der Waals surface area contributed by atoms with Crippen LogP contribution in [-0.2, 0) is 13.1 Å². The Hall–Kier alpha value is -1.80. The van der Waals surface area contributed by atoms with Gasteiger partial charge in [0.15, 0.2) is 0 Å². The van der Waals surface area contributed by atoms with Crippen LogP contribution in [0.4, 0.5) is 5.69 Å². The van der Waals surface area contributed by atoms with E-state index in [9.17, 15) is 0 Å². The van der Waals surface area contributed by atoms with Crippen LogP contribution < -0.4 is 10.6 Å². The van der Waals surface area contributed by atoms with E-state index in [1.54, 1.807) is 0 Å². The van der Waals surface area contributed by atoms with Gasteiger partial charge in [0.05, 0.1) is 0 Å². The van der Waals surface area contributed by atoms with E-state index >= 15 is 0 Å². The van der Waals surface area contributed by atoms with Crippen molar-refractivity contribution < 1.29 is 0 Å². The van der Waals surface area contributed by atoms with Crippen LogP contribution in [0.2, 0.25) is 0 Å². The fourth-order valence-corrected chi connectivity index (χ4v) is 2.14. The van der Waals surface area contributed by atoms with E-state index in [1.807, 2.05) is 12.1 Å². The van der Waals surface area contributed by atoms with Gasteiger partial charge in [-0.05, 0) is 30.2 Å². The summed E-state index contributed by atoms with van der Waals surface area (Å²) in [4.78, 5) is 2.36. The first-order valence-corrected chi connectivity index (χ1v) is 6.42. The molecule has 2 heteroatoms. The maximum absolute atomic E-state index is 5.79. The first kappa shape index (κ1) is 12.7. The topological polar surface area (TPSA) is 29.3 Å². The Morgan fingerprint density at radius 1 is 0.889 bits per heavy atom. The molecule has 0 unspecified atom stereocenters. The van der Waals surface area contributed by atoms with E-state index in [0.717, 1.165) is 13.1 Å². The monoisotopic (exact) mass is 240 g/mol. The molecule has 0 radical (unpaired) electrons. The van der Waals surface area contributed by atoms with Crippen molar-refractivity contribution in [3.63, 3.8) is 0 Å². The zero-order valence-electron chi connectivity index (χ0n) is 10.8. The van der Waals surface area contributed by atoms with Gasteiger partial charge >= 0.3 is 0 Å². The molecule has 0 aromatic heterocycles. The highest BCUT2D eigenvalue weighted by Gasteiger charge is 2.07. The Morgan fingerprint density at radius 2 is 1.50 bits per heavy atom. The molecule has 0 amide bonds. The minimum atomic E-state index is 0.600. The second-order valence-corrected chi connectivity index (χ2v) is 4.32. The van der Waals surface area contributed by atoms with Crippen molar-refractivity contribution in [2.24, 2.45) is 5.73 Å². The van der Waals surface area contributed by atoms with Crippen molar-refractivity contribution in [1.29, 1.82) is 0 Å². The second kappa shape index (κ2) is 6.22. The number of anilines is 1. The maximum atomic E-state index is 5.79. The van der Waals surface area contributed by atoms with Gasteiger partial charge in [-0.1, -0.05) is 42.5 Å². The van der Waals surface area contributed by atoms with Crippen molar-refractivity contribution in [2.75, 3.05) is 11.4 Å². The summed E-state index contributed by atoms with van der Waals surface area (Å²) in [6.07, 6.45) is 0. The smallest absolute Gasteiger partial charge is 0.0432 e. The second-order valence-electron chi connectivity index (χ2n) is 4.32. The molecule has 0 spiro atoms. The number of para-hydroxylation sites is 1. The largest absolute Gasteiger partial charge is 0.367 e. The zero-order valence-corrected chi connectivity index (χ0v) is 10.8. The summed E-state index contributed by atoms with van der Waals surface area (Å²) in [6.45, 7) is 4.68. The molecule has 2 N–H and O–H groups in total. The Bertz CT molecular complexity index is 479. The normalized spacial score (nSPS) is 10.3. The first-order valence-electron chi connectivity index (χ1n) is 6.42.